The Labute approximate surface area is 146 Å². The molecule has 0 bridgehead atoms. The standard InChI is InChI=1S/C19H20N2O2S/c1-14(18(22)15-7-3-2-4-8-15)24-17-10-9-16(13-20-17)19(23)21-11-5-6-12-21/h2-4,7-10,13-14H,5-6,11-12H2,1H3/t14-/m0/s1. The number of rotatable bonds is 5. The van der Waals surface area contributed by atoms with Gasteiger partial charge in [-0.3, -0.25) is 9.59 Å². The zero-order valence-corrected chi connectivity index (χ0v) is 14.5. The highest BCUT2D eigenvalue weighted by atomic mass is 32.2. The second-order valence-corrected chi connectivity index (χ2v) is 7.24. The molecule has 0 spiro atoms. The van der Waals surface area contributed by atoms with Crippen LogP contribution in [0.2, 0.25) is 0 Å². The van der Waals surface area contributed by atoms with Crippen LogP contribution in [0.5, 0.6) is 0 Å². The minimum atomic E-state index is -0.222. The van der Waals surface area contributed by atoms with E-state index in [2.05, 4.69) is 4.98 Å². The van der Waals surface area contributed by atoms with Gasteiger partial charge in [-0.2, -0.15) is 0 Å². The number of Topliss-reactive ketones (excluding diaryl/α,β-unsaturated/α-hetero) is 1. The van der Waals surface area contributed by atoms with E-state index in [0.717, 1.165) is 31.0 Å². The Hall–Kier alpha value is -2.14. The molecular weight excluding hydrogens is 320 g/mol. The van der Waals surface area contributed by atoms with Gasteiger partial charge in [-0.05, 0) is 31.9 Å². The van der Waals surface area contributed by atoms with Gasteiger partial charge < -0.3 is 4.90 Å². The third-order valence-electron chi connectivity index (χ3n) is 4.10. The lowest BCUT2D eigenvalue weighted by Gasteiger charge is -2.15. The summed E-state index contributed by atoms with van der Waals surface area (Å²) in [5.74, 6) is 0.129. The van der Waals surface area contributed by atoms with Gasteiger partial charge in [0, 0.05) is 24.8 Å². The predicted molar refractivity (Wildman–Crippen MR) is 95.5 cm³/mol. The van der Waals surface area contributed by atoms with Crippen LogP contribution in [0.3, 0.4) is 0 Å². The van der Waals surface area contributed by atoms with Crippen molar-refractivity contribution in [3.63, 3.8) is 0 Å². The van der Waals surface area contributed by atoms with Gasteiger partial charge in [0.05, 0.1) is 15.8 Å². The molecule has 124 valence electrons. The van der Waals surface area contributed by atoms with E-state index in [4.69, 9.17) is 0 Å². The van der Waals surface area contributed by atoms with Crippen LogP contribution in [-0.2, 0) is 0 Å². The van der Waals surface area contributed by atoms with Crippen LogP contribution in [0.1, 0.15) is 40.5 Å². The van der Waals surface area contributed by atoms with Crippen LogP contribution >= 0.6 is 11.8 Å². The zero-order chi connectivity index (χ0) is 16.9. The molecule has 1 atom stereocenters. The third-order valence-corrected chi connectivity index (χ3v) is 5.15. The van der Waals surface area contributed by atoms with E-state index in [-0.39, 0.29) is 16.9 Å². The van der Waals surface area contributed by atoms with Gasteiger partial charge in [-0.15, -0.1) is 0 Å². The fraction of sp³-hybridized carbons (Fsp3) is 0.316. The van der Waals surface area contributed by atoms with Crippen LogP contribution < -0.4 is 0 Å². The van der Waals surface area contributed by atoms with E-state index >= 15 is 0 Å². The van der Waals surface area contributed by atoms with Crippen molar-refractivity contribution in [2.75, 3.05) is 13.1 Å². The topological polar surface area (TPSA) is 50.3 Å². The number of likely N-dealkylation sites (tertiary alicyclic amines) is 1. The number of pyridine rings is 1. The summed E-state index contributed by atoms with van der Waals surface area (Å²) in [4.78, 5) is 30.9. The maximum Gasteiger partial charge on any atom is 0.255 e. The molecule has 1 aromatic carbocycles. The van der Waals surface area contributed by atoms with Gasteiger partial charge in [0.15, 0.2) is 5.78 Å². The number of aromatic nitrogens is 1. The van der Waals surface area contributed by atoms with Gasteiger partial charge in [-0.1, -0.05) is 42.1 Å². The fourth-order valence-electron chi connectivity index (χ4n) is 2.75. The monoisotopic (exact) mass is 340 g/mol. The highest BCUT2D eigenvalue weighted by Gasteiger charge is 2.20. The summed E-state index contributed by atoms with van der Waals surface area (Å²) in [6.07, 6.45) is 3.77. The van der Waals surface area contributed by atoms with Crippen LogP contribution in [0.4, 0.5) is 0 Å². The Kier molecular flexibility index (Phi) is 5.30. The number of carbonyl (C=O) groups is 2. The highest BCUT2D eigenvalue weighted by molar-refractivity contribution is 8.00. The lowest BCUT2D eigenvalue weighted by atomic mass is 10.1. The maximum atomic E-state index is 12.4. The minimum Gasteiger partial charge on any atom is -0.339 e. The molecule has 4 nitrogen and oxygen atoms in total. The molecule has 1 aromatic heterocycles. The Morgan fingerprint density at radius 1 is 1.04 bits per heavy atom. The molecular formula is C19H20N2O2S. The molecule has 2 aromatic rings. The molecule has 1 aliphatic rings. The number of benzene rings is 1. The molecule has 1 fully saturated rings. The van der Waals surface area contributed by atoms with Gasteiger partial charge >= 0.3 is 0 Å². The molecule has 5 heteroatoms. The summed E-state index contributed by atoms with van der Waals surface area (Å²) < 4.78 is 0. The summed E-state index contributed by atoms with van der Waals surface area (Å²) in [5, 5.41) is 0.532. The normalized spacial score (nSPS) is 15.3. The largest absolute Gasteiger partial charge is 0.339 e. The molecule has 24 heavy (non-hydrogen) atoms. The first-order valence-electron chi connectivity index (χ1n) is 8.16. The quantitative estimate of drug-likeness (QED) is 0.615. The Morgan fingerprint density at radius 2 is 1.75 bits per heavy atom. The maximum absolute atomic E-state index is 12.4. The fourth-order valence-corrected chi connectivity index (χ4v) is 3.62. The van der Waals surface area contributed by atoms with Gasteiger partial charge in [0.1, 0.15) is 0 Å². The van der Waals surface area contributed by atoms with Crippen molar-refractivity contribution in [3.05, 3.63) is 59.8 Å². The van der Waals surface area contributed by atoms with Crippen molar-refractivity contribution in [2.45, 2.75) is 30.0 Å². The minimum absolute atomic E-state index is 0.0463. The third kappa shape index (κ3) is 3.85. The summed E-state index contributed by atoms with van der Waals surface area (Å²) >= 11 is 1.41. The molecule has 0 aliphatic carbocycles. The van der Waals surface area contributed by atoms with Crippen molar-refractivity contribution < 1.29 is 9.59 Å². The van der Waals surface area contributed by atoms with E-state index in [1.54, 1.807) is 12.3 Å². The lowest BCUT2D eigenvalue weighted by molar-refractivity contribution is 0.0792. The van der Waals surface area contributed by atoms with Crippen LogP contribution in [0.15, 0.2) is 53.7 Å². The second kappa shape index (κ2) is 7.62. The van der Waals surface area contributed by atoms with Crippen molar-refractivity contribution >= 4 is 23.5 Å². The van der Waals surface area contributed by atoms with E-state index in [0.29, 0.717) is 11.1 Å². The molecule has 2 heterocycles. The van der Waals surface area contributed by atoms with E-state index in [9.17, 15) is 9.59 Å². The van der Waals surface area contributed by atoms with Crippen LogP contribution in [0.25, 0.3) is 0 Å². The molecule has 1 saturated heterocycles. The molecule has 0 unspecified atom stereocenters. The summed E-state index contributed by atoms with van der Waals surface area (Å²) in [7, 11) is 0. The first-order chi connectivity index (χ1) is 11.6. The molecule has 1 amide bonds. The first-order valence-corrected chi connectivity index (χ1v) is 9.04. The predicted octanol–water partition coefficient (Wildman–Crippen LogP) is 3.68. The second-order valence-electron chi connectivity index (χ2n) is 5.87. The van der Waals surface area contributed by atoms with Crippen molar-refractivity contribution in [3.8, 4) is 0 Å². The molecule has 0 saturated carbocycles. The molecule has 0 N–H and O–H groups in total. The number of ketones is 1. The van der Waals surface area contributed by atoms with Crippen molar-refractivity contribution in [1.82, 2.24) is 9.88 Å². The van der Waals surface area contributed by atoms with Crippen molar-refractivity contribution in [1.29, 1.82) is 0 Å². The number of carbonyl (C=O) groups excluding carboxylic acids is 2. The van der Waals surface area contributed by atoms with Gasteiger partial charge in [0.2, 0.25) is 0 Å². The summed E-state index contributed by atoms with van der Waals surface area (Å²) in [6, 6.07) is 12.9. The Morgan fingerprint density at radius 3 is 2.38 bits per heavy atom. The van der Waals surface area contributed by atoms with E-state index in [1.807, 2.05) is 48.2 Å². The average molecular weight is 340 g/mol. The number of hydrogen-bond acceptors (Lipinski definition) is 4. The first kappa shape index (κ1) is 16.7. The van der Waals surface area contributed by atoms with Crippen LogP contribution in [0, 0.1) is 0 Å². The van der Waals surface area contributed by atoms with Crippen molar-refractivity contribution in [2.24, 2.45) is 0 Å². The highest BCUT2D eigenvalue weighted by Crippen LogP contribution is 2.24. The zero-order valence-electron chi connectivity index (χ0n) is 13.6. The number of hydrogen-bond donors (Lipinski definition) is 0. The molecule has 0 radical (unpaired) electrons. The van der Waals surface area contributed by atoms with E-state index < -0.39 is 0 Å². The van der Waals surface area contributed by atoms with E-state index in [1.165, 1.54) is 11.8 Å². The number of nitrogens with zero attached hydrogens (tertiary/aromatic N) is 2. The molecule has 1 aliphatic heterocycles. The van der Waals surface area contributed by atoms with Gasteiger partial charge in [0.25, 0.3) is 5.91 Å². The van der Waals surface area contributed by atoms with Gasteiger partial charge in [-0.25, -0.2) is 4.98 Å². The number of thioether (sulfide) groups is 1. The lowest BCUT2D eigenvalue weighted by Crippen LogP contribution is -2.27. The summed E-state index contributed by atoms with van der Waals surface area (Å²) in [5.41, 5.74) is 1.32. The smallest absolute Gasteiger partial charge is 0.255 e. The average Bonchev–Trinajstić information content (AvgIpc) is 3.16. The molecule has 3 rings (SSSR count). The Balaban J connectivity index is 1.63. The Bertz CT molecular complexity index is 710. The van der Waals surface area contributed by atoms with Crippen LogP contribution in [-0.4, -0.2) is 39.9 Å². The SMILES string of the molecule is C[C@H](Sc1ccc(C(=O)N2CCCC2)cn1)C(=O)c1ccccc1. The number of amides is 1. The summed E-state index contributed by atoms with van der Waals surface area (Å²) in [6.45, 7) is 3.54.